The summed E-state index contributed by atoms with van der Waals surface area (Å²) in [6, 6.07) is -0.137. The number of likely N-dealkylation sites (N-methyl/N-ethyl adjacent to an activating group) is 1. The van der Waals surface area contributed by atoms with Crippen molar-refractivity contribution in [3.05, 3.63) is 0 Å². The fourth-order valence-electron chi connectivity index (χ4n) is 1.71. The molecular formula is C13H27N3O2. The molecule has 1 aliphatic heterocycles. The first kappa shape index (κ1) is 15.4. The van der Waals surface area contributed by atoms with Gasteiger partial charge in [0.1, 0.15) is 0 Å². The third kappa shape index (κ3) is 4.23. The maximum Gasteiger partial charge on any atom is 0.239 e. The van der Waals surface area contributed by atoms with Gasteiger partial charge in [0.2, 0.25) is 5.91 Å². The second-order valence-electron chi connectivity index (χ2n) is 5.75. The molecule has 1 aliphatic rings. The van der Waals surface area contributed by atoms with Crippen LogP contribution in [0.4, 0.5) is 0 Å². The molecule has 1 unspecified atom stereocenters. The summed E-state index contributed by atoms with van der Waals surface area (Å²) in [5, 5.41) is 3.33. The molecule has 1 heterocycles. The Balaban J connectivity index is 2.40. The van der Waals surface area contributed by atoms with Crippen LogP contribution in [-0.4, -0.2) is 74.2 Å². The Morgan fingerprint density at radius 1 is 1.39 bits per heavy atom. The van der Waals surface area contributed by atoms with Gasteiger partial charge >= 0.3 is 0 Å². The second-order valence-corrected chi connectivity index (χ2v) is 5.75. The van der Waals surface area contributed by atoms with Crippen molar-refractivity contribution in [2.24, 2.45) is 0 Å². The van der Waals surface area contributed by atoms with Crippen molar-refractivity contribution in [1.82, 2.24) is 15.1 Å². The van der Waals surface area contributed by atoms with Crippen LogP contribution in [0.2, 0.25) is 0 Å². The van der Waals surface area contributed by atoms with Crippen LogP contribution in [0.5, 0.6) is 0 Å². The molecule has 1 rings (SSSR count). The van der Waals surface area contributed by atoms with E-state index < -0.39 is 0 Å². The van der Waals surface area contributed by atoms with Crippen molar-refractivity contribution >= 4 is 5.91 Å². The molecule has 0 spiro atoms. The number of hydrogen-bond acceptors (Lipinski definition) is 4. The predicted octanol–water partition coefficient (Wildman–Crippen LogP) is 0.164. The Labute approximate surface area is 110 Å². The Hall–Kier alpha value is -0.650. The molecule has 0 aromatic rings. The molecule has 18 heavy (non-hydrogen) atoms. The maximum absolute atomic E-state index is 12.2. The van der Waals surface area contributed by atoms with Gasteiger partial charge in [-0.1, -0.05) is 0 Å². The highest BCUT2D eigenvalue weighted by molar-refractivity contribution is 5.81. The Morgan fingerprint density at radius 2 is 1.94 bits per heavy atom. The molecule has 0 aliphatic carbocycles. The average molecular weight is 257 g/mol. The highest BCUT2D eigenvalue weighted by Crippen LogP contribution is 2.09. The minimum absolute atomic E-state index is 0.0412. The third-order valence-electron chi connectivity index (χ3n) is 3.74. The van der Waals surface area contributed by atoms with Crippen molar-refractivity contribution < 1.29 is 9.53 Å². The summed E-state index contributed by atoms with van der Waals surface area (Å²) in [5.41, 5.74) is 0.0412. The van der Waals surface area contributed by atoms with Crippen LogP contribution in [0.15, 0.2) is 0 Å². The molecule has 1 atom stereocenters. The van der Waals surface area contributed by atoms with Gasteiger partial charge in [0.15, 0.2) is 0 Å². The summed E-state index contributed by atoms with van der Waals surface area (Å²) in [4.78, 5) is 16.2. The first-order valence-electron chi connectivity index (χ1n) is 6.62. The second kappa shape index (κ2) is 6.50. The topological polar surface area (TPSA) is 44.8 Å². The van der Waals surface area contributed by atoms with Gasteiger partial charge in [0.25, 0.3) is 0 Å². The molecule has 1 fully saturated rings. The van der Waals surface area contributed by atoms with E-state index >= 15 is 0 Å². The molecule has 0 bridgehead atoms. The lowest BCUT2D eigenvalue weighted by Crippen LogP contribution is -2.54. The normalized spacial score (nSPS) is 19.1. The molecule has 5 heteroatoms. The van der Waals surface area contributed by atoms with Gasteiger partial charge in [-0.15, -0.1) is 0 Å². The van der Waals surface area contributed by atoms with E-state index in [0.29, 0.717) is 26.3 Å². The van der Waals surface area contributed by atoms with Crippen LogP contribution in [0, 0.1) is 0 Å². The summed E-state index contributed by atoms with van der Waals surface area (Å²) < 4.78 is 5.25. The van der Waals surface area contributed by atoms with E-state index in [4.69, 9.17) is 4.74 Å². The van der Waals surface area contributed by atoms with Crippen LogP contribution in [0.25, 0.3) is 0 Å². The smallest absolute Gasteiger partial charge is 0.239 e. The van der Waals surface area contributed by atoms with E-state index in [2.05, 4.69) is 38.2 Å². The molecule has 1 N–H and O–H groups in total. The van der Waals surface area contributed by atoms with E-state index in [1.807, 2.05) is 11.8 Å². The zero-order valence-electron chi connectivity index (χ0n) is 12.3. The SMILES string of the molecule is CC(NCC(C)(C)N(C)C)C(=O)N1CCOCC1. The van der Waals surface area contributed by atoms with Gasteiger partial charge in [0, 0.05) is 25.2 Å². The van der Waals surface area contributed by atoms with Crippen LogP contribution in [0.1, 0.15) is 20.8 Å². The third-order valence-corrected chi connectivity index (χ3v) is 3.74. The lowest BCUT2D eigenvalue weighted by Gasteiger charge is -2.35. The minimum Gasteiger partial charge on any atom is -0.378 e. The van der Waals surface area contributed by atoms with Gasteiger partial charge < -0.3 is 19.9 Å². The average Bonchev–Trinajstić information content (AvgIpc) is 2.36. The minimum atomic E-state index is -0.137. The quantitative estimate of drug-likeness (QED) is 0.762. The highest BCUT2D eigenvalue weighted by Gasteiger charge is 2.25. The maximum atomic E-state index is 12.2. The number of nitrogens with zero attached hydrogens (tertiary/aromatic N) is 2. The number of carbonyl (C=O) groups is 1. The van der Waals surface area contributed by atoms with Crippen LogP contribution < -0.4 is 5.32 Å². The van der Waals surface area contributed by atoms with Crippen molar-refractivity contribution in [3.63, 3.8) is 0 Å². The largest absolute Gasteiger partial charge is 0.378 e. The van der Waals surface area contributed by atoms with Crippen LogP contribution in [0.3, 0.4) is 0 Å². The molecule has 0 radical (unpaired) electrons. The number of ether oxygens (including phenoxy) is 1. The summed E-state index contributed by atoms with van der Waals surface area (Å²) in [7, 11) is 4.10. The van der Waals surface area contributed by atoms with Gasteiger partial charge in [-0.05, 0) is 34.9 Å². The van der Waals surface area contributed by atoms with Crippen LogP contribution in [-0.2, 0) is 9.53 Å². The zero-order chi connectivity index (χ0) is 13.8. The molecule has 1 amide bonds. The molecule has 0 aromatic carbocycles. The van der Waals surface area contributed by atoms with Crippen LogP contribution >= 0.6 is 0 Å². The lowest BCUT2D eigenvalue weighted by atomic mass is 10.0. The number of carbonyl (C=O) groups excluding carboxylic acids is 1. The number of amides is 1. The van der Waals surface area contributed by atoms with E-state index in [-0.39, 0.29) is 17.5 Å². The van der Waals surface area contributed by atoms with E-state index in [1.54, 1.807) is 0 Å². The Morgan fingerprint density at radius 3 is 2.44 bits per heavy atom. The fourth-order valence-corrected chi connectivity index (χ4v) is 1.71. The van der Waals surface area contributed by atoms with Crippen molar-refractivity contribution in [2.45, 2.75) is 32.4 Å². The predicted molar refractivity (Wildman–Crippen MR) is 72.6 cm³/mol. The first-order chi connectivity index (χ1) is 8.34. The summed E-state index contributed by atoms with van der Waals surface area (Å²) >= 11 is 0. The molecule has 0 saturated carbocycles. The van der Waals surface area contributed by atoms with E-state index in [1.165, 1.54) is 0 Å². The molecular weight excluding hydrogens is 230 g/mol. The summed E-state index contributed by atoms with van der Waals surface area (Å²) in [5.74, 6) is 0.174. The fraction of sp³-hybridized carbons (Fsp3) is 0.923. The van der Waals surface area contributed by atoms with Crippen molar-refractivity contribution in [1.29, 1.82) is 0 Å². The van der Waals surface area contributed by atoms with Gasteiger partial charge in [-0.3, -0.25) is 4.79 Å². The zero-order valence-corrected chi connectivity index (χ0v) is 12.3. The number of hydrogen-bond donors (Lipinski definition) is 1. The number of rotatable bonds is 5. The van der Waals surface area contributed by atoms with Gasteiger partial charge in [-0.2, -0.15) is 0 Å². The van der Waals surface area contributed by atoms with Gasteiger partial charge in [0.05, 0.1) is 19.3 Å². The number of morpholine rings is 1. The van der Waals surface area contributed by atoms with E-state index in [9.17, 15) is 4.79 Å². The van der Waals surface area contributed by atoms with E-state index in [0.717, 1.165) is 6.54 Å². The highest BCUT2D eigenvalue weighted by atomic mass is 16.5. The summed E-state index contributed by atoms with van der Waals surface area (Å²) in [6.07, 6.45) is 0. The Bertz CT molecular complexity index is 273. The summed E-state index contributed by atoms with van der Waals surface area (Å²) in [6.45, 7) is 9.77. The lowest BCUT2D eigenvalue weighted by molar-refractivity contribution is -0.137. The molecule has 0 aromatic heterocycles. The number of nitrogens with one attached hydrogen (secondary N) is 1. The van der Waals surface area contributed by atoms with Crippen molar-refractivity contribution in [3.8, 4) is 0 Å². The molecule has 5 nitrogen and oxygen atoms in total. The molecule has 106 valence electrons. The standard InChI is InChI=1S/C13H27N3O2/c1-11(14-10-13(2,3)15(4)5)12(17)16-6-8-18-9-7-16/h11,14H,6-10H2,1-5H3. The Kier molecular flexibility index (Phi) is 5.56. The first-order valence-corrected chi connectivity index (χ1v) is 6.62. The van der Waals surface area contributed by atoms with Gasteiger partial charge in [-0.25, -0.2) is 0 Å². The van der Waals surface area contributed by atoms with Crippen molar-refractivity contribution in [2.75, 3.05) is 46.9 Å². The monoisotopic (exact) mass is 257 g/mol. The molecule has 1 saturated heterocycles.